The van der Waals surface area contributed by atoms with Gasteiger partial charge in [0.2, 0.25) is 0 Å². The van der Waals surface area contributed by atoms with Gasteiger partial charge in [-0.2, -0.15) is 0 Å². The summed E-state index contributed by atoms with van der Waals surface area (Å²) in [5, 5.41) is 6.29. The largest absolute Gasteiger partial charge is 0.357 e. The summed E-state index contributed by atoms with van der Waals surface area (Å²) in [6.45, 7) is 11.5. The van der Waals surface area contributed by atoms with Gasteiger partial charge in [-0.1, -0.05) is 12.8 Å². The number of pyridine rings is 1. The minimum Gasteiger partial charge on any atom is -0.357 e. The number of terminal acetylenes is 1. The van der Waals surface area contributed by atoms with Crippen LogP contribution in [0.15, 0.2) is 23.3 Å². The molecule has 0 radical (unpaired) electrons. The Morgan fingerprint density at radius 3 is 2.75 bits per heavy atom. The van der Waals surface area contributed by atoms with Crippen molar-refractivity contribution in [2.75, 3.05) is 50.7 Å². The highest BCUT2D eigenvalue weighted by molar-refractivity contribution is 5.80. The predicted molar refractivity (Wildman–Crippen MR) is 100 cm³/mol. The molecule has 130 valence electrons. The van der Waals surface area contributed by atoms with E-state index in [1.165, 1.54) is 0 Å². The highest BCUT2D eigenvalue weighted by Crippen LogP contribution is 2.15. The third-order valence-corrected chi connectivity index (χ3v) is 4.08. The smallest absolute Gasteiger partial charge is 0.192 e. The second-order valence-electron chi connectivity index (χ2n) is 5.70. The monoisotopic (exact) mass is 328 g/mol. The quantitative estimate of drug-likeness (QED) is 0.462. The van der Waals surface area contributed by atoms with Gasteiger partial charge in [-0.05, 0) is 31.2 Å². The third kappa shape index (κ3) is 5.43. The Morgan fingerprint density at radius 2 is 2.08 bits per heavy atom. The summed E-state index contributed by atoms with van der Waals surface area (Å²) >= 11 is 0. The van der Waals surface area contributed by atoms with Crippen molar-refractivity contribution in [3.63, 3.8) is 0 Å². The number of hydrogen-bond donors (Lipinski definition) is 2. The van der Waals surface area contributed by atoms with E-state index in [1.807, 2.05) is 19.2 Å². The van der Waals surface area contributed by atoms with Crippen LogP contribution in [0.3, 0.4) is 0 Å². The van der Waals surface area contributed by atoms with Crippen LogP contribution in [-0.4, -0.2) is 61.7 Å². The van der Waals surface area contributed by atoms with Crippen LogP contribution in [0.4, 0.5) is 5.82 Å². The average molecular weight is 328 g/mol. The maximum atomic E-state index is 5.29. The molecular formula is C18H28N6. The Morgan fingerprint density at radius 1 is 1.29 bits per heavy atom. The number of nitrogens with zero attached hydrogens (tertiary/aromatic N) is 4. The average Bonchev–Trinajstić information content (AvgIpc) is 2.64. The van der Waals surface area contributed by atoms with Gasteiger partial charge in [0.1, 0.15) is 5.82 Å². The van der Waals surface area contributed by atoms with E-state index in [-0.39, 0.29) is 0 Å². The minimum atomic E-state index is 0.467. The van der Waals surface area contributed by atoms with Gasteiger partial charge in [0.05, 0.1) is 13.1 Å². The van der Waals surface area contributed by atoms with Gasteiger partial charge < -0.3 is 20.4 Å². The molecule has 2 N–H and O–H groups in total. The number of nitrogens with one attached hydrogen (secondary N) is 2. The molecule has 6 heteroatoms. The number of piperazine rings is 1. The van der Waals surface area contributed by atoms with Crippen LogP contribution >= 0.6 is 0 Å². The first-order valence-electron chi connectivity index (χ1n) is 8.64. The number of rotatable bonds is 6. The van der Waals surface area contributed by atoms with Crippen molar-refractivity contribution in [3.8, 4) is 12.3 Å². The van der Waals surface area contributed by atoms with Gasteiger partial charge in [-0.25, -0.2) is 9.98 Å². The molecule has 0 aliphatic carbocycles. The summed E-state index contributed by atoms with van der Waals surface area (Å²) in [5.74, 6) is 4.35. The fraction of sp³-hybridized carbons (Fsp3) is 0.556. The SMILES string of the molecule is C#CCNC(=NCc1ccnc(N2CCN(CC)CC2)c1)NCC. The molecule has 0 aromatic carbocycles. The van der Waals surface area contributed by atoms with Gasteiger partial charge in [0.25, 0.3) is 0 Å². The van der Waals surface area contributed by atoms with Crippen LogP contribution in [0.5, 0.6) is 0 Å². The van der Waals surface area contributed by atoms with E-state index in [0.717, 1.165) is 56.6 Å². The number of aliphatic imine (C=N–C) groups is 1. The number of aromatic nitrogens is 1. The Kier molecular flexibility index (Phi) is 7.37. The van der Waals surface area contributed by atoms with Crippen molar-refractivity contribution in [2.45, 2.75) is 20.4 Å². The second-order valence-corrected chi connectivity index (χ2v) is 5.70. The van der Waals surface area contributed by atoms with Crippen molar-refractivity contribution >= 4 is 11.8 Å². The lowest BCUT2D eigenvalue weighted by atomic mass is 10.2. The van der Waals surface area contributed by atoms with E-state index in [9.17, 15) is 0 Å². The molecule has 6 nitrogen and oxygen atoms in total. The molecule has 1 aliphatic rings. The van der Waals surface area contributed by atoms with Crippen LogP contribution in [0.2, 0.25) is 0 Å². The summed E-state index contributed by atoms with van der Waals surface area (Å²) in [6.07, 6.45) is 7.16. The Hall–Kier alpha value is -2.26. The molecule has 2 rings (SSSR count). The molecule has 0 bridgehead atoms. The van der Waals surface area contributed by atoms with E-state index < -0.39 is 0 Å². The molecule has 1 aromatic heterocycles. The van der Waals surface area contributed by atoms with Gasteiger partial charge in [0.15, 0.2) is 5.96 Å². The number of anilines is 1. The Labute approximate surface area is 145 Å². The van der Waals surface area contributed by atoms with E-state index in [1.54, 1.807) is 0 Å². The lowest BCUT2D eigenvalue weighted by molar-refractivity contribution is 0.270. The fourth-order valence-electron chi connectivity index (χ4n) is 2.67. The zero-order valence-electron chi connectivity index (χ0n) is 14.8. The van der Waals surface area contributed by atoms with Crippen LogP contribution in [-0.2, 0) is 6.54 Å². The minimum absolute atomic E-state index is 0.467. The van der Waals surface area contributed by atoms with Crippen LogP contribution in [0.25, 0.3) is 0 Å². The lowest BCUT2D eigenvalue weighted by Crippen LogP contribution is -2.46. The highest BCUT2D eigenvalue weighted by Gasteiger charge is 2.16. The molecule has 2 heterocycles. The first kappa shape index (κ1) is 18.1. The predicted octanol–water partition coefficient (Wildman–Crippen LogP) is 0.912. The van der Waals surface area contributed by atoms with Gasteiger partial charge >= 0.3 is 0 Å². The van der Waals surface area contributed by atoms with Crippen LogP contribution in [0.1, 0.15) is 19.4 Å². The van der Waals surface area contributed by atoms with E-state index in [2.05, 4.69) is 49.3 Å². The molecule has 1 aliphatic heterocycles. The van der Waals surface area contributed by atoms with Gasteiger partial charge in [-0.3, -0.25) is 0 Å². The topological polar surface area (TPSA) is 55.8 Å². The molecule has 24 heavy (non-hydrogen) atoms. The van der Waals surface area contributed by atoms with E-state index in [0.29, 0.717) is 13.1 Å². The third-order valence-electron chi connectivity index (χ3n) is 4.08. The maximum Gasteiger partial charge on any atom is 0.192 e. The van der Waals surface area contributed by atoms with Crippen molar-refractivity contribution in [1.29, 1.82) is 0 Å². The van der Waals surface area contributed by atoms with Crippen LogP contribution in [0, 0.1) is 12.3 Å². The fourth-order valence-corrected chi connectivity index (χ4v) is 2.67. The van der Waals surface area contributed by atoms with Crippen molar-refractivity contribution in [3.05, 3.63) is 23.9 Å². The first-order chi connectivity index (χ1) is 11.8. The summed E-state index contributed by atoms with van der Waals surface area (Å²) in [6, 6.07) is 4.15. The van der Waals surface area contributed by atoms with Crippen molar-refractivity contribution in [1.82, 2.24) is 20.5 Å². The summed E-state index contributed by atoms with van der Waals surface area (Å²) < 4.78 is 0. The summed E-state index contributed by atoms with van der Waals surface area (Å²) in [4.78, 5) is 13.9. The van der Waals surface area contributed by atoms with Gasteiger partial charge in [-0.15, -0.1) is 6.42 Å². The molecule has 1 aromatic rings. The zero-order valence-corrected chi connectivity index (χ0v) is 14.8. The Balaban J connectivity index is 1.98. The Bertz CT molecular complexity index is 569. The van der Waals surface area contributed by atoms with Crippen molar-refractivity contribution in [2.24, 2.45) is 4.99 Å². The standard InChI is InChI=1S/C18H28N6/c1-4-8-21-18(19-5-2)22-15-16-7-9-20-17(14-16)24-12-10-23(6-3)11-13-24/h1,7,9,14H,5-6,8,10-13,15H2,2-3H3,(H2,19,21,22). The number of guanidine groups is 1. The molecule has 0 spiro atoms. The molecule has 1 fully saturated rings. The molecule has 0 atom stereocenters. The molecule has 0 saturated carbocycles. The summed E-state index contributed by atoms with van der Waals surface area (Å²) in [7, 11) is 0. The lowest BCUT2D eigenvalue weighted by Gasteiger charge is -2.34. The zero-order chi connectivity index (χ0) is 17.2. The molecule has 0 unspecified atom stereocenters. The maximum absolute atomic E-state index is 5.29. The molecular weight excluding hydrogens is 300 g/mol. The number of likely N-dealkylation sites (N-methyl/N-ethyl adjacent to an activating group) is 1. The highest BCUT2D eigenvalue weighted by atomic mass is 15.3. The first-order valence-corrected chi connectivity index (χ1v) is 8.64. The summed E-state index contributed by atoms with van der Waals surface area (Å²) in [5.41, 5.74) is 1.15. The van der Waals surface area contributed by atoms with Crippen molar-refractivity contribution < 1.29 is 0 Å². The van der Waals surface area contributed by atoms with Crippen LogP contribution < -0.4 is 15.5 Å². The van der Waals surface area contributed by atoms with E-state index >= 15 is 0 Å². The van der Waals surface area contributed by atoms with Gasteiger partial charge in [0, 0.05) is 38.9 Å². The molecule has 1 saturated heterocycles. The molecule has 0 amide bonds. The second kappa shape index (κ2) is 9.78. The number of hydrogen-bond acceptors (Lipinski definition) is 4. The normalized spacial score (nSPS) is 15.9. The van der Waals surface area contributed by atoms with E-state index in [4.69, 9.17) is 6.42 Å².